The minimum atomic E-state index is 0.419. The Morgan fingerprint density at radius 3 is 2.71 bits per heavy atom. The largest absolute Gasteiger partial charge is 0.300 e. The molecular weight excluding hydrogens is 174 g/mol. The molecule has 0 aromatic carbocycles. The van der Waals surface area contributed by atoms with Gasteiger partial charge in [0.2, 0.25) is 0 Å². The van der Waals surface area contributed by atoms with Gasteiger partial charge in [-0.1, -0.05) is 0 Å². The average molecular weight is 189 g/mol. The van der Waals surface area contributed by atoms with Gasteiger partial charge in [-0.3, -0.25) is 9.78 Å². The monoisotopic (exact) mass is 189 g/mol. The van der Waals surface area contributed by atoms with Crippen LogP contribution in [0.2, 0.25) is 0 Å². The fourth-order valence-corrected chi connectivity index (χ4v) is 2.15. The molecule has 0 N–H and O–H groups in total. The lowest BCUT2D eigenvalue weighted by Gasteiger charge is -2.22. The molecule has 0 spiro atoms. The number of carbonyl (C=O) groups is 1. The van der Waals surface area contributed by atoms with Crippen LogP contribution in [0, 0.1) is 6.92 Å². The first-order valence-corrected chi connectivity index (χ1v) is 5.19. The van der Waals surface area contributed by atoms with Gasteiger partial charge in [-0.25, -0.2) is 0 Å². The quantitative estimate of drug-likeness (QED) is 0.679. The molecule has 0 unspecified atom stereocenters. The summed E-state index contributed by atoms with van der Waals surface area (Å²) in [6, 6.07) is 2.05. The van der Waals surface area contributed by atoms with Gasteiger partial charge in [0, 0.05) is 25.2 Å². The van der Waals surface area contributed by atoms with E-state index in [0.29, 0.717) is 11.7 Å². The van der Waals surface area contributed by atoms with Crippen molar-refractivity contribution >= 4 is 5.78 Å². The number of rotatable bonds is 1. The third kappa shape index (κ3) is 1.84. The zero-order chi connectivity index (χ0) is 9.97. The molecule has 74 valence electrons. The van der Waals surface area contributed by atoms with Crippen molar-refractivity contribution in [3.63, 3.8) is 0 Å². The highest BCUT2D eigenvalue weighted by molar-refractivity contribution is 5.79. The van der Waals surface area contributed by atoms with E-state index in [9.17, 15) is 4.79 Å². The molecule has 0 bridgehead atoms. The molecule has 1 aromatic rings. The van der Waals surface area contributed by atoms with E-state index in [0.717, 1.165) is 25.7 Å². The Labute approximate surface area is 84.4 Å². The predicted molar refractivity (Wildman–Crippen MR) is 55.2 cm³/mol. The third-order valence-corrected chi connectivity index (χ3v) is 3.06. The van der Waals surface area contributed by atoms with Crippen LogP contribution in [-0.2, 0) is 4.79 Å². The normalized spacial score (nSPS) is 18.5. The average Bonchev–Trinajstić information content (AvgIpc) is 2.20. The van der Waals surface area contributed by atoms with Gasteiger partial charge in [-0.2, -0.15) is 0 Å². The van der Waals surface area contributed by atoms with Crippen molar-refractivity contribution in [2.75, 3.05) is 0 Å². The van der Waals surface area contributed by atoms with Gasteiger partial charge in [0.15, 0.2) is 0 Å². The molecule has 14 heavy (non-hydrogen) atoms. The molecule has 2 heteroatoms. The number of hydrogen-bond donors (Lipinski definition) is 0. The topological polar surface area (TPSA) is 30.0 Å². The van der Waals surface area contributed by atoms with Crippen LogP contribution in [0.4, 0.5) is 0 Å². The molecular formula is C12H15NO. The molecule has 1 fully saturated rings. The number of ketones is 1. The number of Topliss-reactive ketones (excluding diaryl/α,β-unsaturated/α-hetero) is 1. The minimum absolute atomic E-state index is 0.419. The van der Waals surface area contributed by atoms with Crippen LogP contribution in [0.3, 0.4) is 0 Å². The Hall–Kier alpha value is -1.18. The van der Waals surface area contributed by atoms with Gasteiger partial charge in [-0.15, -0.1) is 0 Å². The third-order valence-electron chi connectivity index (χ3n) is 3.06. The Morgan fingerprint density at radius 1 is 1.36 bits per heavy atom. The summed E-state index contributed by atoms with van der Waals surface area (Å²) < 4.78 is 0. The summed E-state index contributed by atoms with van der Waals surface area (Å²) in [6.45, 7) is 2.12. The number of aromatic nitrogens is 1. The summed E-state index contributed by atoms with van der Waals surface area (Å²) in [7, 11) is 0. The van der Waals surface area contributed by atoms with Crippen molar-refractivity contribution in [3.05, 3.63) is 29.6 Å². The van der Waals surface area contributed by atoms with Gasteiger partial charge in [-0.05, 0) is 42.9 Å². The second-order valence-electron chi connectivity index (χ2n) is 4.05. The molecule has 1 saturated carbocycles. The fraction of sp³-hybridized carbons (Fsp3) is 0.500. The first-order chi connectivity index (χ1) is 6.77. The van der Waals surface area contributed by atoms with Crippen LogP contribution >= 0.6 is 0 Å². The standard InChI is InChI=1S/C12H15NO/c1-9-6-7-13-8-12(9)10-2-4-11(14)5-3-10/h6-8,10H,2-5H2,1H3. The molecule has 1 aliphatic rings. The molecule has 1 aromatic heterocycles. The number of pyridine rings is 1. The molecule has 0 radical (unpaired) electrons. The zero-order valence-electron chi connectivity index (χ0n) is 8.49. The predicted octanol–water partition coefficient (Wildman–Crippen LogP) is 2.62. The summed E-state index contributed by atoms with van der Waals surface area (Å²) in [5.74, 6) is 0.976. The summed E-state index contributed by atoms with van der Waals surface area (Å²) >= 11 is 0. The molecule has 0 aliphatic heterocycles. The van der Waals surface area contributed by atoms with E-state index in [1.54, 1.807) is 0 Å². The van der Waals surface area contributed by atoms with E-state index in [1.807, 2.05) is 18.5 Å². The van der Waals surface area contributed by atoms with Crippen molar-refractivity contribution in [1.29, 1.82) is 0 Å². The highest BCUT2D eigenvalue weighted by Crippen LogP contribution is 2.32. The fourth-order valence-electron chi connectivity index (χ4n) is 2.15. The van der Waals surface area contributed by atoms with Gasteiger partial charge in [0.25, 0.3) is 0 Å². The van der Waals surface area contributed by atoms with Crippen LogP contribution in [-0.4, -0.2) is 10.8 Å². The number of hydrogen-bond acceptors (Lipinski definition) is 2. The SMILES string of the molecule is Cc1ccncc1C1CCC(=O)CC1. The molecule has 0 saturated heterocycles. The Balaban J connectivity index is 2.16. The molecule has 1 heterocycles. The first kappa shape index (κ1) is 9.38. The Kier molecular flexibility index (Phi) is 2.62. The van der Waals surface area contributed by atoms with Gasteiger partial charge in [0.05, 0.1) is 0 Å². The van der Waals surface area contributed by atoms with Crippen LogP contribution in [0.25, 0.3) is 0 Å². The van der Waals surface area contributed by atoms with Gasteiger partial charge < -0.3 is 0 Å². The van der Waals surface area contributed by atoms with E-state index in [-0.39, 0.29) is 0 Å². The van der Waals surface area contributed by atoms with E-state index >= 15 is 0 Å². The maximum atomic E-state index is 11.1. The van der Waals surface area contributed by atoms with Crippen LogP contribution in [0.1, 0.15) is 42.7 Å². The second kappa shape index (κ2) is 3.91. The van der Waals surface area contributed by atoms with Gasteiger partial charge in [0.1, 0.15) is 5.78 Å². The molecule has 1 aliphatic carbocycles. The van der Waals surface area contributed by atoms with E-state index < -0.39 is 0 Å². The van der Waals surface area contributed by atoms with E-state index in [4.69, 9.17) is 0 Å². The second-order valence-corrected chi connectivity index (χ2v) is 4.05. The summed E-state index contributed by atoms with van der Waals surface area (Å²) in [5, 5.41) is 0. The first-order valence-electron chi connectivity index (χ1n) is 5.19. The smallest absolute Gasteiger partial charge is 0.132 e. The summed E-state index contributed by atoms with van der Waals surface area (Å²) in [4.78, 5) is 15.3. The van der Waals surface area contributed by atoms with Crippen molar-refractivity contribution in [2.24, 2.45) is 0 Å². The maximum Gasteiger partial charge on any atom is 0.132 e. The number of nitrogens with zero attached hydrogens (tertiary/aromatic N) is 1. The molecule has 2 nitrogen and oxygen atoms in total. The Bertz CT molecular complexity index is 336. The van der Waals surface area contributed by atoms with Crippen LogP contribution in [0.15, 0.2) is 18.5 Å². The zero-order valence-corrected chi connectivity index (χ0v) is 8.49. The van der Waals surface area contributed by atoms with Crippen LogP contribution in [0.5, 0.6) is 0 Å². The highest BCUT2D eigenvalue weighted by atomic mass is 16.1. The summed E-state index contributed by atoms with van der Waals surface area (Å²) in [6.07, 6.45) is 7.29. The lowest BCUT2D eigenvalue weighted by Crippen LogP contribution is -2.13. The molecule has 2 rings (SSSR count). The Morgan fingerprint density at radius 2 is 2.07 bits per heavy atom. The van der Waals surface area contributed by atoms with Crippen molar-refractivity contribution in [1.82, 2.24) is 4.98 Å². The lowest BCUT2D eigenvalue weighted by atomic mass is 9.82. The van der Waals surface area contributed by atoms with E-state index in [2.05, 4.69) is 11.9 Å². The number of aryl methyl sites for hydroxylation is 1. The molecule has 0 atom stereocenters. The minimum Gasteiger partial charge on any atom is -0.300 e. The highest BCUT2D eigenvalue weighted by Gasteiger charge is 2.21. The van der Waals surface area contributed by atoms with Crippen molar-refractivity contribution in [2.45, 2.75) is 38.5 Å². The van der Waals surface area contributed by atoms with E-state index in [1.165, 1.54) is 11.1 Å². The maximum absolute atomic E-state index is 11.1. The summed E-state index contributed by atoms with van der Waals surface area (Å²) in [5.41, 5.74) is 2.64. The van der Waals surface area contributed by atoms with Crippen molar-refractivity contribution in [3.8, 4) is 0 Å². The van der Waals surface area contributed by atoms with Crippen LogP contribution < -0.4 is 0 Å². The van der Waals surface area contributed by atoms with Crippen molar-refractivity contribution < 1.29 is 4.79 Å². The van der Waals surface area contributed by atoms with Gasteiger partial charge >= 0.3 is 0 Å². The molecule has 0 amide bonds. The number of carbonyl (C=O) groups excluding carboxylic acids is 1. The lowest BCUT2D eigenvalue weighted by molar-refractivity contribution is -0.120.